The van der Waals surface area contributed by atoms with Crippen LogP contribution in [0.5, 0.6) is 0 Å². The number of carbonyl (C=O) groups is 1. The van der Waals surface area contributed by atoms with Crippen molar-refractivity contribution in [2.45, 2.75) is 39.5 Å². The predicted octanol–water partition coefficient (Wildman–Crippen LogP) is 4.68. The van der Waals surface area contributed by atoms with Crippen molar-refractivity contribution in [3.05, 3.63) is 47.7 Å². The van der Waals surface area contributed by atoms with Crippen LogP contribution in [0.1, 0.15) is 43.7 Å². The molecule has 0 aliphatic rings. The Kier molecular flexibility index (Phi) is 6.13. The molecular formula is C19H23NO2. The van der Waals surface area contributed by atoms with Crippen molar-refractivity contribution in [3.63, 3.8) is 0 Å². The molecule has 0 fully saturated rings. The quantitative estimate of drug-likeness (QED) is 0.423. The summed E-state index contributed by atoms with van der Waals surface area (Å²) < 4.78 is 5.17. The fraction of sp³-hybridized carbons (Fsp3) is 0.368. The zero-order valence-electron chi connectivity index (χ0n) is 13.3. The number of benzene rings is 1. The summed E-state index contributed by atoms with van der Waals surface area (Å²) in [6, 6.07) is 8.07. The molecule has 0 spiro atoms. The van der Waals surface area contributed by atoms with E-state index in [0.717, 1.165) is 34.9 Å². The van der Waals surface area contributed by atoms with Crippen LogP contribution in [-0.2, 0) is 9.53 Å². The Labute approximate surface area is 132 Å². The lowest BCUT2D eigenvalue weighted by Gasteiger charge is -2.02. The van der Waals surface area contributed by atoms with Crippen molar-refractivity contribution >= 4 is 22.9 Å². The Balaban J connectivity index is 1.89. The van der Waals surface area contributed by atoms with Gasteiger partial charge in [0.05, 0.1) is 12.1 Å². The van der Waals surface area contributed by atoms with Crippen molar-refractivity contribution in [1.82, 2.24) is 4.98 Å². The van der Waals surface area contributed by atoms with Crippen molar-refractivity contribution in [1.29, 1.82) is 0 Å². The number of aromatic nitrogens is 1. The van der Waals surface area contributed by atoms with Crippen LogP contribution in [0.25, 0.3) is 17.0 Å². The summed E-state index contributed by atoms with van der Waals surface area (Å²) in [6.45, 7) is 4.69. The van der Waals surface area contributed by atoms with E-state index in [1.165, 1.54) is 18.9 Å². The van der Waals surface area contributed by atoms with E-state index in [4.69, 9.17) is 4.74 Å². The van der Waals surface area contributed by atoms with Crippen LogP contribution in [0, 0.1) is 6.92 Å². The largest absolute Gasteiger partial charge is 0.463 e. The van der Waals surface area contributed by atoms with Crippen molar-refractivity contribution in [2.24, 2.45) is 0 Å². The topological polar surface area (TPSA) is 39.2 Å². The molecule has 0 aliphatic heterocycles. The van der Waals surface area contributed by atoms with E-state index in [9.17, 15) is 4.79 Å². The number of carbonyl (C=O) groups excluding carboxylic acids is 1. The van der Waals surface area contributed by atoms with Gasteiger partial charge in [0, 0.05) is 17.7 Å². The summed E-state index contributed by atoms with van der Waals surface area (Å²) in [5.41, 5.74) is 3.02. The van der Waals surface area contributed by atoms with Crippen LogP contribution < -0.4 is 0 Å². The first-order valence-corrected chi connectivity index (χ1v) is 7.90. The number of hydrogen-bond donors (Lipinski definition) is 0. The minimum Gasteiger partial charge on any atom is -0.463 e. The first-order valence-electron chi connectivity index (χ1n) is 7.90. The molecule has 1 heterocycles. The Morgan fingerprint density at radius 1 is 1.23 bits per heavy atom. The standard InChI is InChI=1S/C19H23NO2/c1-3-4-5-6-11-22-19(21)10-8-16-7-9-17-12-15(2)14-20-18(17)13-16/h7-10,12-14H,3-6,11H2,1-2H3/b10-8+. The molecule has 0 radical (unpaired) electrons. The summed E-state index contributed by atoms with van der Waals surface area (Å²) in [6.07, 6.45) is 9.53. The normalized spacial score (nSPS) is 11.2. The van der Waals surface area contributed by atoms with Crippen LogP contribution in [0.15, 0.2) is 36.5 Å². The molecule has 0 unspecified atom stereocenters. The molecule has 22 heavy (non-hydrogen) atoms. The van der Waals surface area contributed by atoms with Crippen LogP contribution in [0.3, 0.4) is 0 Å². The number of esters is 1. The third-order valence-electron chi connectivity index (χ3n) is 3.50. The van der Waals surface area contributed by atoms with Gasteiger partial charge in [0.25, 0.3) is 0 Å². The molecule has 116 valence electrons. The van der Waals surface area contributed by atoms with Gasteiger partial charge in [0.1, 0.15) is 0 Å². The maximum atomic E-state index is 11.6. The van der Waals surface area contributed by atoms with Crippen molar-refractivity contribution < 1.29 is 9.53 Å². The van der Waals surface area contributed by atoms with Gasteiger partial charge in [0.2, 0.25) is 0 Å². The number of unbranched alkanes of at least 4 members (excludes halogenated alkanes) is 3. The van der Waals surface area contributed by atoms with Gasteiger partial charge in [0.15, 0.2) is 0 Å². The first-order chi connectivity index (χ1) is 10.7. The van der Waals surface area contributed by atoms with Gasteiger partial charge in [-0.05, 0) is 42.7 Å². The summed E-state index contributed by atoms with van der Waals surface area (Å²) >= 11 is 0. The molecule has 3 heteroatoms. The molecule has 2 aromatic rings. The summed E-state index contributed by atoms with van der Waals surface area (Å²) in [7, 11) is 0. The van der Waals surface area contributed by atoms with Gasteiger partial charge in [-0.1, -0.05) is 38.3 Å². The van der Waals surface area contributed by atoms with E-state index >= 15 is 0 Å². The van der Waals surface area contributed by atoms with E-state index in [1.807, 2.05) is 31.3 Å². The van der Waals surface area contributed by atoms with Gasteiger partial charge in [-0.2, -0.15) is 0 Å². The maximum Gasteiger partial charge on any atom is 0.330 e. The van der Waals surface area contributed by atoms with E-state index in [-0.39, 0.29) is 5.97 Å². The summed E-state index contributed by atoms with van der Waals surface area (Å²) in [5, 5.41) is 1.11. The fourth-order valence-electron chi connectivity index (χ4n) is 2.27. The van der Waals surface area contributed by atoms with Gasteiger partial charge in [-0.25, -0.2) is 4.79 Å². The first kappa shape index (κ1) is 16.2. The molecule has 0 bridgehead atoms. The highest BCUT2D eigenvalue weighted by Gasteiger charge is 1.99. The molecule has 1 aromatic heterocycles. The van der Waals surface area contributed by atoms with E-state index in [2.05, 4.69) is 18.0 Å². The number of ether oxygens (including phenoxy) is 1. The number of rotatable bonds is 7. The highest BCUT2D eigenvalue weighted by molar-refractivity contribution is 5.88. The molecule has 0 aliphatic carbocycles. The number of aryl methyl sites for hydroxylation is 1. The third kappa shape index (κ3) is 4.99. The fourth-order valence-corrected chi connectivity index (χ4v) is 2.27. The highest BCUT2D eigenvalue weighted by Crippen LogP contribution is 2.16. The van der Waals surface area contributed by atoms with Crippen LogP contribution in [0.2, 0.25) is 0 Å². The van der Waals surface area contributed by atoms with Crippen LogP contribution in [0.4, 0.5) is 0 Å². The smallest absolute Gasteiger partial charge is 0.330 e. The van der Waals surface area contributed by atoms with E-state index in [1.54, 1.807) is 6.08 Å². The molecule has 0 saturated carbocycles. The minimum absolute atomic E-state index is 0.284. The minimum atomic E-state index is -0.284. The second-order valence-corrected chi connectivity index (χ2v) is 5.53. The highest BCUT2D eigenvalue weighted by atomic mass is 16.5. The SMILES string of the molecule is CCCCCCOC(=O)/C=C/c1ccc2cc(C)cnc2c1. The molecule has 0 N–H and O–H groups in total. The molecule has 0 amide bonds. The summed E-state index contributed by atoms with van der Waals surface area (Å²) in [4.78, 5) is 16.0. The number of hydrogen-bond acceptors (Lipinski definition) is 3. The average molecular weight is 297 g/mol. The van der Waals surface area contributed by atoms with Gasteiger partial charge in [-0.15, -0.1) is 0 Å². The molecule has 1 aromatic carbocycles. The number of nitrogens with zero attached hydrogens (tertiary/aromatic N) is 1. The lowest BCUT2D eigenvalue weighted by Crippen LogP contribution is -2.02. The lowest BCUT2D eigenvalue weighted by molar-refractivity contribution is -0.137. The molecule has 0 saturated heterocycles. The second-order valence-electron chi connectivity index (χ2n) is 5.53. The maximum absolute atomic E-state index is 11.6. The van der Waals surface area contributed by atoms with Gasteiger partial charge in [-0.3, -0.25) is 4.98 Å². The number of pyridine rings is 1. The monoisotopic (exact) mass is 297 g/mol. The Morgan fingerprint density at radius 2 is 2.09 bits per heavy atom. The molecular weight excluding hydrogens is 274 g/mol. The molecule has 3 nitrogen and oxygen atoms in total. The zero-order valence-corrected chi connectivity index (χ0v) is 13.3. The Bertz CT molecular complexity index is 662. The second kappa shape index (κ2) is 8.32. The van der Waals surface area contributed by atoms with Crippen molar-refractivity contribution in [2.75, 3.05) is 6.61 Å². The third-order valence-corrected chi connectivity index (χ3v) is 3.50. The van der Waals surface area contributed by atoms with Crippen LogP contribution >= 0.6 is 0 Å². The van der Waals surface area contributed by atoms with Crippen molar-refractivity contribution in [3.8, 4) is 0 Å². The zero-order chi connectivity index (χ0) is 15.8. The lowest BCUT2D eigenvalue weighted by atomic mass is 10.1. The summed E-state index contributed by atoms with van der Waals surface area (Å²) in [5.74, 6) is -0.284. The van der Waals surface area contributed by atoms with E-state index < -0.39 is 0 Å². The van der Waals surface area contributed by atoms with E-state index in [0.29, 0.717) is 6.61 Å². The molecule has 0 atom stereocenters. The Hall–Kier alpha value is -2.16. The average Bonchev–Trinajstić information content (AvgIpc) is 2.52. The predicted molar refractivity (Wildman–Crippen MR) is 90.6 cm³/mol. The molecule has 2 rings (SSSR count). The Morgan fingerprint density at radius 3 is 2.91 bits per heavy atom. The van der Waals surface area contributed by atoms with Gasteiger partial charge < -0.3 is 4.74 Å². The van der Waals surface area contributed by atoms with Crippen LogP contribution in [-0.4, -0.2) is 17.6 Å². The number of fused-ring (bicyclic) bond motifs is 1. The van der Waals surface area contributed by atoms with Gasteiger partial charge >= 0.3 is 5.97 Å².